The van der Waals surface area contributed by atoms with Crippen LogP contribution in [-0.4, -0.2) is 15.0 Å². The van der Waals surface area contributed by atoms with Gasteiger partial charge < -0.3 is 4.90 Å². The molecule has 61 heavy (non-hydrogen) atoms. The van der Waals surface area contributed by atoms with Crippen molar-refractivity contribution in [3.05, 3.63) is 243 Å². The van der Waals surface area contributed by atoms with Gasteiger partial charge in [-0.3, -0.25) is 0 Å². The van der Waals surface area contributed by atoms with Gasteiger partial charge in [0.2, 0.25) is 0 Å². The van der Waals surface area contributed by atoms with Gasteiger partial charge in [-0.25, -0.2) is 15.0 Å². The molecule has 0 fully saturated rings. The fourth-order valence-electron chi connectivity index (χ4n) is 7.78. The van der Waals surface area contributed by atoms with Gasteiger partial charge in [0.25, 0.3) is 0 Å². The molecule has 0 unspecified atom stereocenters. The van der Waals surface area contributed by atoms with E-state index in [-0.39, 0.29) is 0 Å². The molecule has 0 spiro atoms. The molecule has 0 radical (unpaired) electrons. The molecule has 4 heteroatoms. The van der Waals surface area contributed by atoms with Crippen molar-refractivity contribution in [3.8, 4) is 78.7 Å². The van der Waals surface area contributed by atoms with E-state index in [9.17, 15) is 0 Å². The number of para-hydroxylation sites is 2. The second-order valence-electron chi connectivity index (χ2n) is 14.9. The summed E-state index contributed by atoms with van der Waals surface area (Å²) in [6, 6.07) is 84.4. The summed E-state index contributed by atoms with van der Waals surface area (Å²) in [5.41, 5.74) is 16.8. The lowest BCUT2D eigenvalue weighted by Crippen LogP contribution is -2.09. The fraction of sp³-hybridized carbons (Fsp3) is 0. The summed E-state index contributed by atoms with van der Waals surface area (Å²) in [7, 11) is 0. The van der Waals surface area contributed by atoms with Gasteiger partial charge in [0.15, 0.2) is 0 Å². The summed E-state index contributed by atoms with van der Waals surface area (Å²) in [6.07, 6.45) is 0. The Morgan fingerprint density at radius 2 is 0.443 bits per heavy atom. The molecule has 0 aliphatic heterocycles. The Balaban J connectivity index is 1.17. The maximum Gasteiger partial charge on any atom is 0.0717 e. The SMILES string of the molecule is c1ccc(-c2cc(-c3cc(-c4ccc(N(c5ccccc5)c5ccccc5)cc4)cc(-c4cc(-c5ccccc5)nc(-c5ccccc5)c4)n3)cc(-c3ccccc3)n2)cc1. The minimum atomic E-state index is 0.850. The van der Waals surface area contributed by atoms with Gasteiger partial charge >= 0.3 is 0 Å². The number of hydrogen-bond donors (Lipinski definition) is 0. The molecule has 3 aromatic heterocycles. The van der Waals surface area contributed by atoms with Crippen molar-refractivity contribution in [2.24, 2.45) is 0 Å². The normalized spacial score (nSPS) is 11.0. The molecule has 0 bridgehead atoms. The molecule has 10 aromatic rings. The van der Waals surface area contributed by atoms with Crippen LogP contribution in [0.1, 0.15) is 0 Å². The number of nitrogens with zero attached hydrogens (tertiary/aromatic N) is 4. The van der Waals surface area contributed by atoms with Crippen molar-refractivity contribution in [1.29, 1.82) is 0 Å². The monoisotopic (exact) mass is 780 g/mol. The Kier molecular flexibility index (Phi) is 10.3. The van der Waals surface area contributed by atoms with E-state index in [1.165, 1.54) is 0 Å². The van der Waals surface area contributed by atoms with Crippen LogP contribution in [0.4, 0.5) is 17.1 Å². The topological polar surface area (TPSA) is 41.9 Å². The molecule has 3 heterocycles. The zero-order valence-electron chi connectivity index (χ0n) is 33.4. The predicted molar refractivity (Wildman–Crippen MR) is 253 cm³/mol. The number of benzene rings is 7. The minimum absolute atomic E-state index is 0.850. The second-order valence-corrected chi connectivity index (χ2v) is 14.9. The lowest BCUT2D eigenvalue weighted by Gasteiger charge is -2.25. The van der Waals surface area contributed by atoms with Gasteiger partial charge in [-0.1, -0.05) is 170 Å². The van der Waals surface area contributed by atoms with E-state index in [2.05, 4.69) is 223 Å². The van der Waals surface area contributed by atoms with Crippen molar-refractivity contribution in [2.45, 2.75) is 0 Å². The van der Waals surface area contributed by atoms with Crippen LogP contribution in [0.2, 0.25) is 0 Å². The number of aromatic nitrogens is 3. The maximum atomic E-state index is 5.50. The molecule has 0 saturated carbocycles. The first-order chi connectivity index (χ1) is 30.2. The Hall–Kier alpha value is -8.21. The third-order valence-corrected chi connectivity index (χ3v) is 10.8. The molecule has 7 aromatic carbocycles. The van der Waals surface area contributed by atoms with E-state index in [0.717, 1.165) is 95.7 Å². The zero-order chi connectivity index (χ0) is 40.8. The molecule has 0 atom stereocenters. The smallest absolute Gasteiger partial charge is 0.0717 e. The van der Waals surface area contributed by atoms with Gasteiger partial charge in [0.1, 0.15) is 0 Å². The van der Waals surface area contributed by atoms with Crippen LogP contribution in [0.15, 0.2) is 243 Å². The molecule has 4 nitrogen and oxygen atoms in total. The summed E-state index contributed by atoms with van der Waals surface area (Å²) in [4.78, 5) is 18.2. The van der Waals surface area contributed by atoms with Crippen LogP contribution in [0.25, 0.3) is 78.7 Å². The van der Waals surface area contributed by atoms with Gasteiger partial charge in [-0.05, 0) is 83.9 Å². The Labute approximate surface area is 356 Å². The highest BCUT2D eigenvalue weighted by Crippen LogP contribution is 2.39. The number of anilines is 3. The first-order valence-electron chi connectivity index (χ1n) is 20.5. The lowest BCUT2D eigenvalue weighted by atomic mass is 9.97. The van der Waals surface area contributed by atoms with Crippen LogP contribution in [-0.2, 0) is 0 Å². The van der Waals surface area contributed by atoms with Crippen molar-refractivity contribution in [2.75, 3.05) is 4.90 Å². The molecular formula is C57H40N4. The highest BCUT2D eigenvalue weighted by atomic mass is 15.1. The van der Waals surface area contributed by atoms with E-state index in [0.29, 0.717) is 0 Å². The molecule has 0 N–H and O–H groups in total. The van der Waals surface area contributed by atoms with E-state index in [1.54, 1.807) is 0 Å². The molecule has 0 aliphatic carbocycles. The van der Waals surface area contributed by atoms with E-state index in [1.807, 2.05) is 24.3 Å². The predicted octanol–water partition coefficient (Wildman–Crippen LogP) is 15.0. The molecule has 10 rings (SSSR count). The third kappa shape index (κ3) is 8.11. The van der Waals surface area contributed by atoms with Crippen LogP contribution in [0.5, 0.6) is 0 Å². The number of rotatable bonds is 10. The first-order valence-corrected chi connectivity index (χ1v) is 20.5. The van der Waals surface area contributed by atoms with Crippen molar-refractivity contribution < 1.29 is 0 Å². The highest BCUT2D eigenvalue weighted by molar-refractivity contribution is 5.84. The van der Waals surface area contributed by atoms with Crippen LogP contribution < -0.4 is 4.90 Å². The summed E-state index contributed by atoms with van der Waals surface area (Å²) in [6.45, 7) is 0. The maximum absolute atomic E-state index is 5.50. The Morgan fingerprint density at radius 3 is 0.754 bits per heavy atom. The average Bonchev–Trinajstić information content (AvgIpc) is 3.35. The Morgan fingerprint density at radius 1 is 0.197 bits per heavy atom. The van der Waals surface area contributed by atoms with Crippen molar-refractivity contribution in [3.63, 3.8) is 0 Å². The summed E-state index contributed by atoms with van der Waals surface area (Å²) in [5, 5.41) is 0. The highest BCUT2D eigenvalue weighted by Gasteiger charge is 2.17. The quantitative estimate of drug-likeness (QED) is 0.139. The summed E-state index contributed by atoms with van der Waals surface area (Å²) in [5.74, 6) is 0. The van der Waals surface area contributed by atoms with E-state index < -0.39 is 0 Å². The molecule has 288 valence electrons. The van der Waals surface area contributed by atoms with Crippen LogP contribution in [0.3, 0.4) is 0 Å². The minimum Gasteiger partial charge on any atom is -0.311 e. The summed E-state index contributed by atoms with van der Waals surface area (Å²) < 4.78 is 0. The summed E-state index contributed by atoms with van der Waals surface area (Å²) >= 11 is 0. The standard InChI is InChI=1S/C57H40N4/c1-7-19-42(20-8-1)52-37-47(38-53(58-52)43-21-9-2-10-22-43)56-35-46(41-31-33-51(34-32-41)61(49-27-15-5-16-28-49)50-29-17-6-18-30-50)36-57(60-56)48-39-54(44-23-11-3-12-24-44)59-55(40-48)45-25-13-4-14-26-45/h1-40H. The van der Waals surface area contributed by atoms with Crippen LogP contribution >= 0.6 is 0 Å². The van der Waals surface area contributed by atoms with Crippen LogP contribution in [0, 0.1) is 0 Å². The number of pyridine rings is 3. The van der Waals surface area contributed by atoms with Gasteiger partial charge in [0, 0.05) is 50.4 Å². The van der Waals surface area contributed by atoms with E-state index >= 15 is 0 Å². The van der Waals surface area contributed by atoms with Crippen molar-refractivity contribution in [1.82, 2.24) is 15.0 Å². The average molecular weight is 781 g/mol. The molecule has 0 aliphatic rings. The second kappa shape index (κ2) is 16.9. The molecular weight excluding hydrogens is 741 g/mol. The fourth-order valence-corrected chi connectivity index (χ4v) is 7.78. The van der Waals surface area contributed by atoms with E-state index in [4.69, 9.17) is 15.0 Å². The molecule has 0 saturated heterocycles. The van der Waals surface area contributed by atoms with Gasteiger partial charge in [0.05, 0.1) is 34.2 Å². The van der Waals surface area contributed by atoms with Gasteiger partial charge in [-0.2, -0.15) is 0 Å². The lowest BCUT2D eigenvalue weighted by molar-refractivity contribution is 1.27. The Bertz CT molecular complexity index is 2730. The van der Waals surface area contributed by atoms with Gasteiger partial charge in [-0.15, -0.1) is 0 Å². The first kappa shape index (κ1) is 37.1. The zero-order valence-corrected chi connectivity index (χ0v) is 33.4. The van der Waals surface area contributed by atoms with Crippen molar-refractivity contribution >= 4 is 17.1 Å². The number of hydrogen-bond acceptors (Lipinski definition) is 4. The largest absolute Gasteiger partial charge is 0.311 e. The molecule has 0 amide bonds. The third-order valence-electron chi connectivity index (χ3n) is 10.8.